The maximum atomic E-state index is 12.1. The molecule has 0 spiro atoms. The molecule has 1 aliphatic heterocycles. The molecule has 1 aromatic carbocycles. The Morgan fingerprint density at radius 1 is 1.25 bits per heavy atom. The van der Waals surface area contributed by atoms with Crippen LogP contribution in [0.15, 0.2) is 24.3 Å². The van der Waals surface area contributed by atoms with E-state index < -0.39 is 18.0 Å². The van der Waals surface area contributed by atoms with E-state index in [9.17, 15) is 14.4 Å². The Hall–Kier alpha value is -2.02. The molecule has 1 heterocycles. The van der Waals surface area contributed by atoms with Crippen molar-refractivity contribution in [1.29, 1.82) is 0 Å². The molecule has 0 saturated carbocycles. The van der Waals surface area contributed by atoms with Crippen LogP contribution in [0.2, 0.25) is 0 Å². The molecule has 1 aromatic rings. The molecule has 130 valence electrons. The van der Waals surface area contributed by atoms with E-state index in [1.807, 2.05) is 24.3 Å². The van der Waals surface area contributed by atoms with E-state index >= 15 is 0 Å². The van der Waals surface area contributed by atoms with Gasteiger partial charge in [0.25, 0.3) is 11.1 Å². The molecular formula is C17H22N2O4S. The van der Waals surface area contributed by atoms with Crippen molar-refractivity contribution in [3.05, 3.63) is 29.8 Å². The number of esters is 1. The number of nitrogens with one attached hydrogen (secondary N) is 1. The van der Waals surface area contributed by atoms with Gasteiger partial charge in [0.2, 0.25) is 0 Å². The second-order valence-electron chi connectivity index (χ2n) is 5.93. The lowest BCUT2D eigenvalue weighted by Gasteiger charge is -2.17. The number of hydrogen-bond donors (Lipinski definition) is 1. The summed E-state index contributed by atoms with van der Waals surface area (Å²) in [6, 6.07) is 7.55. The Kier molecular flexibility index (Phi) is 6.25. The summed E-state index contributed by atoms with van der Waals surface area (Å²) in [5.41, 5.74) is 1.83. The number of amides is 2. The first-order valence-electron chi connectivity index (χ1n) is 7.89. The van der Waals surface area contributed by atoms with Crippen LogP contribution in [0.3, 0.4) is 0 Å². The van der Waals surface area contributed by atoms with Crippen molar-refractivity contribution >= 4 is 34.6 Å². The molecule has 1 fully saturated rings. The van der Waals surface area contributed by atoms with Crippen LogP contribution in [0, 0.1) is 0 Å². The van der Waals surface area contributed by atoms with Crippen molar-refractivity contribution < 1.29 is 19.1 Å². The molecule has 0 aliphatic carbocycles. The van der Waals surface area contributed by atoms with Gasteiger partial charge in [-0.1, -0.05) is 37.7 Å². The van der Waals surface area contributed by atoms with Crippen LogP contribution >= 0.6 is 11.8 Å². The minimum atomic E-state index is -0.923. The zero-order valence-corrected chi connectivity index (χ0v) is 14.9. The molecule has 7 heteroatoms. The first kappa shape index (κ1) is 18.3. The molecular weight excluding hydrogens is 328 g/mol. The summed E-state index contributed by atoms with van der Waals surface area (Å²) in [7, 11) is 0. The predicted molar refractivity (Wildman–Crippen MR) is 94.1 cm³/mol. The zero-order valence-electron chi connectivity index (χ0n) is 14.1. The molecule has 1 aliphatic rings. The standard InChI is InChI=1S/C17H22N2O4S/c1-11(2)13-4-6-14(7-5-13)18-16(21)12(3)23-15(20)10-19-8-9-24-17(19)22/h4-7,11-12H,8-10H2,1-3H3,(H,18,21)/t12-/m0/s1. The number of rotatable bonds is 6. The summed E-state index contributed by atoms with van der Waals surface area (Å²) in [5.74, 6) is 0.113. The normalized spacial score (nSPS) is 15.5. The Labute approximate surface area is 145 Å². The first-order chi connectivity index (χ1) is 11.4. The highest BCUT2D eigenvalue weighted by Crippen LogP contribution is 2.18. The number of benzene rings is 1. The Balaban J connectivity index is 1.82. The Bertz CT molecular complexity index is 616. The molecule has 0 radical (unpaired) electrons. The molecule has 2 rings (SSSR count). The highest BCUT2D eigenvalue weighted by molar-refractivity contribution is 8.13. The van der Waals surface area contributed by atoms with Crippen LogP contribution in [0.5, 0.6) is 0 Å². The fraction of sp³-hybridized carbons (Fsp3) is 0.471. The average Bonchev–Trinajstić information content (AvgIpc) is 2.92. The Morgan fingerprint density at radius 2 is 1.92 bits per heavy atom. The summed E-state index contributed by atoms with van der Waals surface area (Å²) in [6.45, 7) is 6.11. The summed E-state index contributed by atoms with van der Waals surface area (Å²) >= 11 is 1.18. The van der Waals surface area contributed by atoms with Gasteiger partial charge in [-0.3, -0.25) is 14.4 Å². The smallest absolute Gasteiger partial charge is 0.326 e. The fourth-order valence-corrected chi connectivity index (χ4v) is 3.03. The van der Waals surface area contributed by atoms with Gasteiger partial charge in [-0.15, -0.1) is 0 Å². The number of thioether (sulfide) groups is 1. The number of carbonyl (C=O) groups excluding carboxylic acids is 3. The van der Waals surface area contributed by atoms with Gasteiger partial charge in [0.1, 0.15) is 6.54 Å². The van der Waals surface area contributed by atoms with Gasteiger partial charge in [-0.25, -0.2) is 0 Å². The average molecular weight is 350 g/mol. The van der Waals surface area contributed by atoms with Gasteiger partial charge in [0.15, 0.2) is 6.10 Å². The van der Waals surface area contributed by atoms with Crippen LogP contribution in [0.25, 0.3) is 0 Å². The van der Waals surface area contributed by atoms with Crippen molar-refractivity contribution in [2.24, 2.45) is 0 Å². The van der Waals surface area contributed by atoms with Crippen LogP contribution in [-0.4, -0.2) is 47.0 Å². The predicted octanol–water partition coefficient (Wildman–Crippen LogP) is 2.85. The minimum absolute atomic E-state index is 0.119. The van der Waals surface area contributed by atoms with Crippen LogP contribution in [0.1, 0.15) is 32.3 Å². The monoisotopic (exact) mass is 350 g/mol. The molecule has 0 unspecified atom stereocenters. The van der Waals surface area contributed by atoms with E-state index in [-0.39, 0.29) is 11.8 Å². The molecule has 0 aromatic heterocycles. The molecule has 0 bridgehead atoms. The van der Waals surface area contributed by atoms with Gasteiger partial charge in [0, 0.05) is 18.0 Å². The topological polar surface area (TPSA) is 75.7 Å². The summed E-state index contributed by atoms with van der Waals surface area (Å²) < 4.78 is 5.10. The van der Waals surface area contributed by atoms with Crippen LogP contribution < -0.4 is 5.32 Å². The maximum absolute atomic E-state index is 12.1. The molecule has 1 saturated heterocycles. The number of carbonyl (C=O) groups is 3. The lowest BCUT2D eigenvalue weighted by atomic mass is 10.0. The SMILES string of the molecule is CC(C)c1ccc(NC(=O)[C@H](C)OC(=O)CN2CCSC2=O)cc1. The van der Waals surface area contributed by atoms with Gasteiger partial charge in [0.05, 0.1) is 0 Å². The van der Waals surface area contributed by atoms with Gasteiger partial charge in [-0.05, 0) is 30.5 Å². The second-order valence-corrected chi connectivity index (χ2v) is 6.98. The van der Waals surface area contributed by atoms with E-state index in [1.54, 1.807) is 0 Å². The van der Waals surface area contributed by atoms with Gasteiger partial charge >= 0.3 is 5.97 Å². The van der Waals surface area contributed by atoms with Crippen molar-refractivity contribution in [2.75, 3.05) is 24.2 Å². The molecule has 1 N–H and O–H groups in total. The van der Waals surface area contributed by atoms with E-state index in [1.165, 1.54) is 29.1 Å². The molecule has 6 nitrogen and oxygen atoms in total. The molecule has 1 atom stereocenters. The quantitative estimate of drug-likeness (QED) is 0.799. The number of anilines is 1. The van der Waals surface area contributed by atoms with E-state index in [0.29, 0.717) is 23.9 Å². The van der Waals surface area contributed by atoms with Crippen LogP contribution in [-0.2, 0) is 14.3 Å². The maximum Gasteiger partial charge on any atom is 0.326 e. The first-order valence-corrected chi connectivity index (χ1v) is 8.87. The molecule has 24 heavy (non-hydrogen) atoms. The number of hydrogen-bond acceptors (Lipinski definition) is 5. The van der Waals surface area contributed by atoms with Crippen molar-refractivity contribution in [3.8, 4) is 0 Å². The minimum Gasteiger partial charge on any atom is -0.451 e. The molecule has 2 amide bonds. The number of nitrogens with zero attached hydrogens (tertiary/aromatic N) is 1. The van der Waals surface area contributed by atoms with Crippen molar-refractivity contribution in [1.82, 2.24) is 4.90 Å². The van der Waals surface area contributed by atoms with Gasteiger partial charge < -0.3 is 15.0 Å². The zero-order chi connectivity index (χ0) is 17.7. The van der Waals surface area contributed by atoms with Crippen molar-refractivity contribution in [2.45, 2.75) is 32.8 Å². The third-order valence-electron chi connectivity index (χ3n) is 3.69. The lowest BCUT2D eigenvalue weighted by molar-refractivity contribution is -0.153. The highest BCUT2D eigenvalue weighted by atomic mass is 32.2. The number of ether oxygens (including phenoxy) is 1. The highest BCUT2D eigenvalue weighted by Gasteiger charge is 2.26. The van der Waals surface area contributed by atoms with E-state index in [4.69, 9.17) is 4.74 Å². The van der Waals surface area contributed by atoms with Crippen molar-refractivity contribution in [3.63, 3.8) is 0 Å². The second kappa shape index (κ2) is 8.19. The van der Waals surface area contributed by atoms with E-state index in [2.05, 4.69) is 19.2 Å². The Morgan fingerprint density at radius 3 is 2.46 bits per heavy atom. The summed E-state index contributed by atoms with van der Waals surface area (Å²) in [4.78, 5) is 36.8. The lowest BCUT2D eigenvalue weighted by Crippen LogP contribution is -2.36. The van der Waals surface area contributed by atoms with Gasteiger partial charge in [-0.2, -0.15) is 0 Å². The fourth-order valence-electron chi connectivity index (χ4n) is 2.21. The third kappa shape index (κ3) is 4.99. The summed E-state index contributed by atoms with van der Waals surface area (Å²) in [6.07, 6.45) is -0.923. The third-order valence-corrected chi connectivity index (χ3v) is 4.58. The largest absolute Gasteiger partial charge is 0.451 e. The summed E-state index contributed by atoms with van der Waals surface area (Å²) in [5, 5.41) is 2.58. The van der Waals surface area contributed by atoms with E-state index in [0.717, 1.165) is 0 Å². The van der Waals surface area contributed by atoms with Crippen LogP contribution in [0.4, 0.5) is 10.5 Å².